The molecule has 0 unspecified atom stereocenters. The number of benzene rings is 1. The molecule has 1 aromatic heterocycles. The fourth-order valence-corrected chi connectivity index (χ4v) is 4.70. The van der Waals surface area contributed by atoms with Crippen LogP contribution < -0.4 is 0 Å². The van der Waals surface area contributed by atoms with Crippen LogP contribution in [0.1, 0.15) is 29.0 Å². The highest BCUT2D eigenvalue weighted by atomic mass is 32.2. The highest BCUT2D eigenvalue weighted by molar-refractivity contribution is 7.89. The Bertz CT molecular complexity index is 978. The summed E-state index contributed by atoms with van der Waals surface area (Å²) in [4.78, 5) is 14.3. The number of amides is 1. The van der Waals surface area contributed by atoms with Crippen molar-refractivity contribution in [3.63, 3.8) is 0 Å². The summed E-state index contributed by atoms with van der Waals surface area (Å²) in [5.41, 5.74) is 2.16. The monoisotopic (exact) mass is 402 g/mol. The van der Waals surface area contributed by atoms with Gasteiger partial charge in [-0.2, -0.15) is 9.57 Å². The van der Waals surface area contributed by atoms with Crippen molar-refractivity contribution in [2.45, 2.75) is 31.6 Å². The summed E-state index contributed by atoms with van der Waals surface area (Å²) in [6, 6.07) is 7.82. The summed E-state index contributed by atoms with van der Waals surface area (Å²) < 4.78 is 32.0. The minimum Gasteiger partial charge on any atom is -0.361 e. The highest BCUT2D eigenvalue weighted by Crippen LogP contribution is 2.19. The van der Waals surface area contributed by atoms with E-state index in [1.165, 1.54) is 28.6 Å². The van der Waals surface area contributed by atoms with Crippen LogP contribution in [0.4, 0.5) is 0 Å². The minimum absolute atomic E-state index is 0.00424. The molecule has 9 heteroatoms. The minimum atomic E-state index is -3.63. The molecular weight excluding hydrogens is 380 g/mol. The maximum absolute atomic E-state index is 12.7. The smallest absolute Gasteiger partial charge is 0.243 e. The summed E-state index contributed by atoms with van der Waals surface area (Å²) in [6.45, 7) is 4.89. The van der Waals surface area contributed by atoms with Gasteiger partial charge >= 0.3 is 0 Å². The summed E-state index contributed by atoms with van der Waals surface area (Å²) >= 11 is 0. The zero-order valence-corrected chi connectivity index (χ0v) is 16.7. The number of carbonyl (C=O) groups is 1. The molecule has 0 radical (unpaired) electrons. The number of nitriles is 1. The SMILES string of the molecule is Cc1noc(C)c1CCC(=O)N1CCN(S(=O)(=O)c2ccc(C#N)cc2)CC1. The Balaban J connectivity index is 1.57. The van der Waals surface area contributed by atoms with Gasteiger partial charge in [0.25, 0.3) is 0 Å². The topological polar surface area (TPSA) is 108 Å². The zero-order valence-electron chi connectivity index (χ0n) is 15.9. The second-order valence-corrected chi connectivity index (χ2v) is 8.66. The van der Waals surface area contributed by atoms with E-state index < -0.39 is 10.0 Å². The fourth-order valence-electron chi connectivity index (χ4n) is 3.28. The second kappa shape index (κ2) is 8.12. The van der Waals surface area contributed by atoms with Gasteiger partial charge in [0.1, 0.15) is 5.76 Å². The van der Waals surface area contributed by atoms with Gasteiger partial charge in [0.15, 0.2) is 0 Å². The lowest BCUT2D eigenvalue weighted by molar-refractivity contribution is -0.132. The maximum Gasteiger partial charge on any atom is 0.243 e. The summed E-state index contributed by atoms with van der Waals surface area (Å²) in [7, 11) is -3.63. The van der Waals surface area contributed by atoms with Gasteiger partial charge in [-0.15, -0.1) is 0 Å². The van der Waals surface area contributed by atoms with Gasteiger partial charge < -0.3 is 9.42 Å². The third-order valence-corrected chi connectivity index (χ3v) is 6.90. The number of rotatable bonds is 5. The predicted octanol–water partition coefficient (Wildman–Crippen LogP) is 1.63. The second-order valence-electron chi connectivity index (χ2n) is 6.72. The van der Waals surface area contributed by atoms with Gasteiger partial charge in [0.2, 0.25) is 15.9 Å². The molecule has 1 aromatic carbocycles. The standard InChI is InChI=1S/C19H22N4O4S/c1-14-18(15(2)27-21-14)7-8-19(24)22-9-11-23(12-10-22)28(25,26)17-5-3-16(13-20)4-6-17/h3-6H,7-12H2,1-2H3. The summed E-state index contributed by atoms with van der Waals surface area (Å²) in [6.07, 6.45) is 0.898. The molecule has 3 rings (SSSR count). The van der Waals surface area contributed by atoms with Crippen LogP contribution in [0.25, 0.3) is 0 Å². The lowest BCUT2D eigenvalue weighted by Crippen LogP contribution is -2.50. The number of aromatic nitrogens is 1. The Kier molecular flexibility index (Phi) is 5.82. The Hall–Kier alpha value is -2.70. The van der Waals surface area contributed by atoms with E-state index in [2.05, 4.69) is 5.16 Å². The van der Waals surface area contributed by atoms with E-state index in [1.807, 2.05) is 19.9 Å². The van der Waals surface area contributed by atoms with Crippen LogP contribution in [0, 0.1) is 25.2 Å². The molecule has 1 saturated heterocycles. The quantitative estimate of drug-likeness (QED) is 0.752. The third-order valence-electron chi connectivity index (χ3n) is 4.98. The molecule has 2 aromatic rings. The molecule has 0 bridgehead atoms. The molecule has 2 heterocycles. The number of hydrogen-bond donors (Lipinski definition) is 0. The van der Waals surface area contributed by atoms with Crippen molar-refractivity contribution in [3.05, 3.63) is 46.8 Å². The molecule has 0 saturated carbocycles. The Morgan fingerprint density at radius 2 is 1.82 bits per heavy atom. The lowest BCUT2D eigenvalue weighted by Gasteiger charge is -2.34. The zero-order chi connectivity index (χ0) is 20.3. The molecule has 1 amide bonds. The number of aryl methyl sites for hydroxylation is 2. The number of hydrogen-bond acceptors (Lipinski definition) is 6. The average molecular weight is 402 g/mol. The highest BCUT2D eigenvalue weighted by Gasteiger charge is 2.30. The number of sulfonamides is 1. The third kappa shape index (κ3) is 4.08. The number of nitrogens with zero attached hydrogens (tertiary/aromatic N) is 4. The first kappa shape index (κ1) is 20.0. The average Bonchev–Trinajstić information content (AvgIpc) is 3.03. The predicted molar refractivity (Wildman–Crippen MR) is 101 cm³/mol. The van der Waals surface area contributed by atoms with Gasteiger partial charge in [-0.25, -0.2) is 8.42 Å². The van der Waals surface area contributed by atoms with Gasteiger partial charge in [-0.1, -0.05) is 5.16 Å². The van der Waals surface area contributed by atoms with Crippen molar-refractivity contribution in [1.29, 1.82) is 5.26 Å². The molecule has 148 valence electrons. The van der Waals surface area contributed by atoms with Crippen molar-refractivity contribution in [2.24, 2.45) is 0 Å². The number of carbonyl (C=O) groups excluding carboxylic acids is 1. The van der Waals surface area contributed by atoms with E-state index in [-0.39, 0.29) is 23.9 Å². The van der Waals surface area contributed by atoms with Gasteiger partial charge in [0.05, 0.1) is 22.2 Å². The van der Waals surface area contributed by atoms with E-state index in [9.17, 15) is 13.2 Å². The molecule has 28 heavy (non-hydrogen) atoms. The van der Waals surface area contributed by atoms with Crippen molar-refractivity contribution in [1.82, 2.24) is 14.4 Å². The molecule has 8 nitrogen and oxygen atoms in total. The Morgan fingerprint density at radius 1 is 1.18 bits per heavy atom. The molecule has 1 aliphatic rings. The van der Waals surface area contributed by atoms with Crippen LogP contribution in [0.2, 0.25) is 0 Å². The molecule has 1 aliphatic heterocycles. The molecule has 0 N–H and O–H groups in total. The van der Waals surface area contributed by atoms with Crippen molar-refractivity contribution < 1.29 is 17.7 Å². The van der Waals surface area contributed by atoms with Gasteiger partial charge in [0, 0.05) is 38.2 Å². The van der Waals surface area contributed by atoms with Crippen molar-refractivity contribution in [3.8, 4) is 6.07 Å². The molecule has 1 fully saturated rings. The van der Waals surface area contributed by atoms with Gasteiger partial charge in [-0.05, 0) is 44.5 Å². The number of piperazine rings is 1. The van der Waals surface area contributed by atoms with E-state index >= 15 is 0 Å². The first-order valence-corrected chi connectivity index (χ1v) is 10.5. The summed E-state index contributed by atoms with van der Waals surface area (Å²) in [5, 5.41) is 12.7. The van der Waals surface area contributed by atoms with Crippen LogP contribution in [-0.4, -0.2) is 54.9 Å². The van der Waals surface area contributed by atoms with Crippen LogP contribution in [0.3, 0.4) is 0 Å². The van der Waals surface area contributed by atoms with Crippen molar-refractivity contribution in [2.75, 3.05) is 26.2 Å². The van der Waals surface area contributed by atoms with Crippen LogP contribution in [0.15, 0.2) is 33.7 Å². The van der Waals surface area contributed by atoms with Crippen molar-refractivity contribution >= 4 is 15.9 Å². The van der Waals surface area contributed by atoms with Crippen LogP contribution >= 0.6 is 0 Å². The van der Waals surface area contributed by atoms with Crippen LogP contribution in [0.5, 0.6) is 0 Å². The fraction of sp³-hybridized carbons (Fsp3) is 0.421. The maximum atomic E-state index is 12.7. The molecular formula is C19H22N4O4S. The lowest BCUT2D eigenvalue weighted by atomic mass is 10.1. The molecule has 0 aliphatic carbocycles. The van der Waals surface area contributed by atoms with Crippen LogP contribution in [-0.2, 0) is 21.2 Å². The molecule has 0 atom stereocenters. The molecule has 0 spiro atoms. The van der Waals surface area contributed by atoms with E-state index in [0.717, 1.165) is 17.0 Å². The first-order valence-electron chi connectivity index (χ1n) is 9.03. The largest absolute Gasteiger partial charge is 0.361 e. The Labute approximate surface area is 164 Å². The van der Waals surface area contributed by atoms with E-state index in [4.69, 9.17) is 9.78 Å². The first-order chi connectivity index (χ1) is 13.3. The van der Waals surface area contributed by atoms with Gasteiger partial charge in [-0.3, -0.25) is 4.79 Å². The van der Waals surface area contributed by atoms with E-state index in [1.54, 1.807) is 4.90 Å². The normalized spacial score (nSPS) is 15.4. The summed E-state index contributed by atoms with van der Waals surface area (Å²) in [5.74, 6) is 0.721. The van der Waals surface area contributed by atoms with E-state index in [0.29, 0.717) is 31.5 Å². The Morgan fingerprint density at radius 3 is 2.36 bits per heavy atom.